The van der Waals surface area contributed by atoms with E-state index in [4.69, 9.17) is 5.84 Å². The fourth-order valence-corrected chi connectivity index (χ4v) is 1.08. The molecular weight excluding hydrogens is 155 g/mol. The molecule has 3 N–H and O–H groups in total. The normalized spacial score (nSPS) is 12.9. The van der Waals surface area contributed by atoms with Gasteiger partial charge in [0.25, 0.3) is 0 Å². The van der Waals surface area contributed by atoms with Crippen molar-refractivity contribution in [1.82, 2.24) is 5.43 Å². The number of nitrogens with one attached hydrogen (secondary N) is 1. The van der Waals surface area contributed by atoms with Gasteiger partial charge in [-0.3, -0.25) is 11.3 Å². The number of hydrazine groups is 1. The van der Waals surface area contributed by atoms with Crippen LogP contribution in [-0.2, 0) is 6.42 Å². The van der Waals surface area contributed by atoms with Gasteiger partial charge in [0, 0.05) is 6.04 Å². The maximum atomic E-state index is 12.7. The first-order valence-corrected chi connectivity index (χ1v) is 3.93. The van der Waals surface area contributed by atoms with Crippen LogP contribution in [0.4, 0.5) is 4.39 Å². The van der Waals surface area contributed by atoms with E-state index in [9.17, 15) is 4.39 Å². The smallest absolute Gasteiger partial charge is 0.123 e. The number of rotatable bonds is 3. The summed E-state index contributed by atoms with van der Waals surface area (Å²) in [5, 5.41) is 0. The summed E-state index contributed by atoms with van der Waals surface area (Å²) in [6.07, 6.45) is 0.744. The standard InChI is InChI=1S/C9H13FN2/c1-7(12-11)5-8-3-2-4-9(10)6-8/h2-4,6-7,12H,5,11H2,1H3. The van der Waals surface area contributed by atoms with E-state index in [2.05, 4.69) is 5.43 Å². The molecule has 3 heteroatoms. The van der Waals surface area contributed by atoms with Crippen LogP contribution in [0.3, 0.4) is 0 Å². The van der Waals surface area contributed by atoms with Crippen molar-refractivity contribution in [3.63, 3.8) is 0 Å². The third-order valence-corrected chi connectivity index (χ3v) is 1.72. The monoisotopic (exact) mass is 168 g/mol. The fourth-order valence-electron chi connectivity index (χ4n) is 1.08. The Hall–Kier alpha value is -0.930. The van der Waals surface area contributed by atoms with E-state index in [1.807, 2.05) is 13.0 Å². The molecule has 1 rings (SSSR count). The average molecular weight is 168 g/mol. The average Bonchev–Trinajstić information content (AvgIpc) is 2.04. The van der Waals surface area contributed by atoms with Crippen molar-refractivity contribution < 1.29 is 4.39 Å². The molecule has 2 nitrogen and oxygen atoms in total. The third kappa shape index (κ3) is 2.60. The molecule has 0 fully saturated rings. The van der Waals surface area contributed by atoms with Gasteiger partial charge < -0.3 is 0 Å². The summed E-state index contributed by atoms with van der Waals surface area (Å²) >= 11 is 0. The maximum absolute atomic E-state index is 12.7. The second-order valence-electron chi connectivity index (χ2n) is 2.90. The van der Waals surface area contributed by atoms with Crippen molar-refractivity contribution in [3.05, 3.63) is 35.6 Å². The SMILES string of the molecule is CC(Cc1cccc(F)c1)NN. The van der Waals surface area contributed by atoms with Crippen LogP contribution in [0.2, 0.25) is 0 Å². The topological polar surface area (TPSA) is 38.0 Å². The Bertz CT molecular complexity index is 250. The van der Waals surface area contributed by atoms with E-state index in [1.165, 1.54) is 12.1 Å². The quantitative estimate of drug-likeness (QED) is 0.526. The summed E-state index contributed by atoms with van der Waals surface area (Å²) in [6, 6.07) is 6.72. The number of hydrogen-bond donors (Lipinski definition) is 2. The highest BCUT2D eigenvalue weighted by atomic mass is 19.1. The van der Waals surface area contributed by atoms with Crippen LogP contribution in [-0.4, -0.2) is 6.04 Å². The van der Waals surface area contributed by atoms with Gasteiger partial charge in [-0.05, 0) is 31.0 Å². The van der Waals surface area contributed by atoms with Gasteiger partial charge in [-0.2, -0.15) is 0 Å². The van der Waals surface area contributed by atoms with Crippen LogP contribution in [0.5, 0.6) is 0 Å². The zero-order valence-corrected chi connectivity index (χ0v) is 7.05. The number of hydrogen-bond acceptors (Lipinski definition) is 2. The molecule has 66 valence electrons. The molecule has 1 aromatic rings. The molecular formula is C9H13FN2. The predicted octanol–water partition coefficient (Wildman–Crippen LogP) is 1.22. The van der Waals surface area contributed by atoms with E-state index in [-0.39, 0.29) is 11.9 Å². The second kappa shape index (κ2) is 4.18. The highest BCUT2D eigenvalue weighted by Gasteiger charge is 2.00. The van der Waals surface area contributed by atoms with Crippen LogP contribution in [0.15, 0.2) is 24.3 Å². The van der Waals surface area contributed by atoms with Crippen LogP contribution in [0.1, 0.15) is 12.5 Å². The Morgan fingerprint density at radius 2 is 2.33 bits per heavy atom. The molecule has 12 heavy (non-hydrogen) atoms. The van der Waals surface area contributed by atoms with E-state index in [0.717, 1.165) is 12.0 Å². The van der Waals surface area contributed by atoms with Crippen LogP contribution in [0, 0.1) is 5.82 Å². The summed E-state index contributed by atoms with van der Waals surface area (Å²) in [5.41, 5.74) is 3.57. The van der Waals surface area contributed by atoms with Gasteiger partial charge in [0.1, 0.15) is 5.82 Å². The molecule has 0 radical (unpaired) electrons. The summed E-state index contributed by atoms with van der Waals surface area (Å²) in [4.78, 5) is 0. The molecule has 1 unspecified atom stereocenters. The van der Waals surface area contributed by atoms with Gasteiger partial charge in [-0.15, -0.1) is 0 Å². The molecule has 0 saturated heterocycles. The lowest BCUT2D eigenvalue weighted by Gasteiger charge is -2.08. The lowest BCUT2D eigenvalue weighted by molar-refractivity contribution is 0.563. The zero-order valence-electron chi connectivity index (χ0n) is 7.05. The first-order chi connectivity index (χ1) is 5.72. The number of benzene rings is 1. The number of nitrogens with two attached hydrogens (primary N) is 1. The Kier molecular flexibility index (Phi) is 3.19. The summed E-state index contributed by atoms with van der Waals surface area (Å²) < 4.78 is 12.7. The van der Waals surface area contributed by atoms with Crippen LogP contribution < -0.4 is 11.3 Å². The molecule has 0 aliphatic carbocycles. The minimum absolute atomic E-state index is 0.173. The molecule has 0 amide bonds. The Labute approximate surface area is 71.6 Å². The lowest BCUT2D eigenvalue weighted by atomic mass is 10.1. The number of halogens is 1. The Balaban J connectivity index is 2.63. The molecule has 1 aromatic carbocycles. The highest BCUT2D eigenvalue weighted by molar-refractivity contribution is 5.17. The van der Waals surface area contributed by atoms with Crippen molar-refractivity contribution >= 4 is 0 Å². The minimum Gasteiger partial charge on any atom is -0.271 e. The largest absolute Gasteiger partial charge is 0.271 e. The van der Waals surface area contributed by atoms with Crippen molar-refractivity contribution in [2.75, 3.05) is 0 Å². The highest BCUT2D eigenvalue weighted by Crippen LogP contribution is 2.05. The minimum atomic E-state index is -0.197. The zero-order chi connectivity index (χ0) is 8.97. The molecule has 0 spiro atoms. The predicted molar refractivity (Wildman–Crippen MR) is 46.9 cm³/mol. The Morgan fingerprint density at radius 3 is 2.92 bits per heavy atom. The van der Waals surface area contributed by atoms with Gasteiger partial charge in [0.2, 0.25) is 0 Å². The van der Waals surface area contributed by atoms with Crippen molar-refractivity contribution in [2.24, 2.45) is 5.84 Å². The van der Waals surface area contributed by atoms with Crippen molar-refractivity contribution in [3.8, 4) is 0 Å². The van der Waals surface area contributed by atoms with Gasteiger partial charge in [-0.25, -0.2) is 4.39 Å². The van der Waals surface area contributed by atoms with E-state index in [0.29, 0.717) is 0 Å². The van der Waals surface area contributed by atoms with E-state index in [1.54, 1.807) is 6.07 Å². The first-order valence-electron chi connectivity index (χ1n) is 3.93. The molecule has 0 aliphatic heterocycles. The second-order valence-corrected chi connectivity index (χ2v) is 2.90. The lowest BCUT2D eigenvalue weighted by Crippen LogP contribution is -2.34. The fraction of sp³-hybridized carbons (Fsp3) is 0.333. The Morgan fingerprint density at radius 1 is 1.58 bits per heavy atom. The molecule has 0 aliphatic rings. The van der Waals surface area contributed by atoms with E-state index >= 15 is 0 Å². The molecule has 0 heterocycles. The molecule has 0 saturated carbocycles. The summed E-state index contributed by atoms with van der Waals surface area (Å²) in [6.45, 7) is 1.95. The van der Waals surface area contributed by atoms with Crippen molar-refractivity contribution in [1.29, 1.82) is 0 Å². The summed E-state index contributed by atoms with van der Waals surface area (Å²) in [5.74, 6) is 5.02. The molecule has 0 aromatic heterocycles. The van der Waals surface area contributed by atoms with Crippen LogP contribution >= 0.6 is 0 Å². The van der Waals surface area contributed by atoms with Gasteiger partial charge in [0.05, 0.1) is 0 Å². The van der Waals surface area contributed by atoms with Crippen LogP contribution in [0.25, 0.3) is 0 Å². The van der Waals surface area contributed by atoms with Gasteiger partial charge >= 0.3 is 0 Å². The molecule has 1 atom stereocenters. The van der Waals surface area contributed by atoms with Gasteiger partial charge in [-0.1, -0.05) is 12.1 Å². The van der Waals surface area contributed by atoms with Crippen molar-refractivity contribution in [2.45, 2.75) is 19.4 Å². The maximum Gasteiger partial charge on any atom is 0.123 e. The first kappa shape index (κ1) is 9.16. The van der Waals surface area contributed by atoms with Gasteiger partial charge in [0.15, 0.2) is 0 Å². The third-order valence-electron chi connectivity index (χ3n) is 1.72. The molecule has 0 bridgehead atoms. The van der Waals surface area contributed by atoms with E-state index < -0.39 is 0 Å². The summed E-state index contributed by atoms with van der Waals surface area (Å²) in [7, 11) is 0.